The lowest BCUT2D eigenvalue weighted by atomic mass is 10.1. The summed E-state index contributed by atoms with van der Waals surface area (Å²) in [5, 5.41) is 3.75. The fourth-order valence-electron chi connectivity index (χ4n) is 1.57. The van der Waals surface area contributed by atoms with Crippen LogP contribution in [0, 0.1) is 6.92 Å². The molecule has 2 aromatic rings. The quantitative estimate of drug-likeness (QED) is 0.759. The van der Waals surface area contributed by atoms with Gasteiger partial charge in [0.25, 0.3) is 0 Å². The second-order valence-electron chi connectivity index (χ2n) is 3.79. The Labute approximate surface area is 106 Å². The highest BCUT2D eigenvalue weighted by Gasteiger charge is 2.30. The van der Waals surface area contributed by atoms with Gasteiger partial charge in [0.05, 0.1) is 11.4 Å². The van der Waals surface area contributed by atoms with Crippen molar-refractivity contribution >= 4 is 11.6 Å². The highest BCUT2D eigenvalue weighted by molar-refractivity contribution is 6.17. The second-order valence-corrected chi connectivity index (χ2v) is 4.06. The first kappa shape index (κ1) is 13.0. The maximum absolute atomic E-state index is 12.4. The Bertz CT molecular complexity index is 545. The normalized spacial score (nSPS) is 11.8. The molecular weight excluding hydrogens is 267 g/mol. The number of hydrogen-bond donors (Lipinski definition) is 0. The first-order valence-corrected chi connectivity index (χ1v) is 5.65. The molecule has 0 radical (unpaired) electrons. The van der Waals surface area contributed by atoms with Crippen LogP contribution in [0.4, 0.5) is 13.2 Å². The van der Waals surface area contributed by atoms with Crippen LogP contribution in [0.2, 0.25) is 0 Å². The van der Waals surface area contributed by atoms with Crippen molar-refractivity contribution in [3.05, 3.63) is 41.1 Å². The van der Waals surface area contributed by atoms with Crippen molar-refractivity contribution in [2.45, 2.75) is 19.0 Å². The van der Waals surface area contributed by atoms with Gasteiger partial charge in [-0.3, -0.25) is 0 Å². The molecule has 2 rings (SSSR count). The van der Waals surface area contributed by atoms with Crippen LogP contribution in [0.25, 0.3) is 11.3 Å². The van der Waals surface area contributed by atoms with Crippen LogP contribution in [0.5, 0.6) is 0 Å². The molecule has 0 spiro atoms. The number of aromatic nitrogens is 1. The van der Waals surface area contributed by atoms with Crippen LogP contribution >= 0.6 is 11.6 Å². The van der Waals surface area contributed by atoms with Gasteiger partial charge in [-0.2, -0.15) is 13.2 Å². The largest absolute Gasteiger partial charge is 0.416 e. The van der Waals surface area contributed by atoms with E-state index < -0.39 is 11.7 Å². The lowest BCUT2D eigenvalue weighted by molar-refractivity contribution is -0.137. The van der Waals surface area contributed by atoms with E-state index >= 15 is 0 Å². The lowest BCUT2D eigenvalue weighted by Crippen LogP contribution is -2.03. The fourth-order valence-corrected chi connectivity index (χ4v) is 1.82. The minimum Gasteiger partial charge on any atom is -0.356 e. The average Bonchev–Trinajstić information content (AvgIpc) is 2.69. The third-order valence-electron chi connectivity index (χ3n) is 2.62. The molecule has 0 saturated heterocycles. The fraction of sp³-hybridized carbons (Fsp3) is 0.250. The van der Waals surface area contributed by atoms with Gasteiger partial charge in [0, 0.05) is 11.1 Å². The Kier molecular flexibility index (Phi) is 3.34. The molecule has 0 amide bonds. The van der Waals surface area contributed by atoms with E-state index in [0.29, 0.717) is 17.0 Å². The van der Waals surface area contributed by atoms with E-state index in [1.165, 1.54) is 12.1 Å². The Morgan fingerprint density at radius 1 is 1.22 bits per heavy atom. The van der Waals surface area contributed by atoms with Crippen LogP contribution in [0.1, 0.15) is 16.8 Å². The zero-order valence-corrected chi connectivity index (χ0v) is 10.1. The first-order chi connectivity index (χ1) is 8.43. The predicted molar refractivity (Wildman–Crippen MR) is 61.2 cm³/mol. The summed E-state index contributed by atoms with van der Waals surface area (Å²) < 4.78 is 42.3. The van der Waals surface area contributed by atoms with E-state index in [-0.39, 0.29) is 5.88 Å². The van der Waals surface area contributed by atoms with E-state index in [0.717, 1.165) is 17.7 Å². The van der Waals surface area contributed by atoms with Crippen LogP contribution < -0.4 is 0 Å². The standard InChI is InChI=1S/C12H9ClF3NO/c1-7-10(6-13)17-18-11(7)8-2-4-9(5-3-8)12(14,15)16/h2-5H,6H2,1H3. The molecule has 0 aliphatic heterocycles. The van der Waals surface area contributed by atoms with Gasteiger partial charge in [0.15, 0.2) is 5.76 Å². The topological polar surface area (TPSA) is 26.0 Å². The monoisotopic (exact) mass is 275 g/mol. The average molecular weight is 276 g/mol. The molecule has 1 heterocycles. The Morgan fingerprint density at radius 3 is 2.28 bits per heavy atom. The van der Waals surface area contributed by atoms with E-state index in [1.54, 1.807) is 6.92 Å². The number of hydrogen-bond acceptors (Lipinski definition) is 2. The van der Waals surface area contributed by atoms with E-state index in [4.69, 9.17) is 16.1 Å². The van der Waals surface area contributed by atoms with Gasteiger partial charge < -0.3 is 4.52 Å². The maximum atomic E-state index is 12.4. The van der Waals surface area contributed by atoms with Gasteiger partial charge in [-0.05, 0) is 19.1 Å². The van der Waals surface area contributed by atoms with Gasteiger partial charge in [-0.15, -0.1) is 11.6 Å². The highest BCUT2D eigenvalue weighted by atomic mass is 35.5. The van der Waals surface area contributed by atoms with Crippen molar-refractivity contribution in [3.8, 4) is 11.3 Å². The smallest absolute Gasteiger partial charge is 0.356 e. The lowest BCUT2D eigenvalue weighted by Gasteiger charge is -2.06. The molecule has 0 unspecified atom stereocenters. The Balaban J connectivity index is 2.37. The van der Waals surface area contributed by atoms with Gasteiger partial charge in [0.2, 0.25) is 0 Å². The van der Waals surface area contributed by atoms with Crippen molar-refractivity contribution in [2.24, 2.45) is 0 Å². The molecule has 1 aromatic heterocycles. The SMILES string of the molecule is Cc1c(CCl)noc1-c1ccc(C(F)(F)F)cc1. The minimum atomic E-state index is -4.34. The minimum absolute atomic E-state index is 0.204. The molecule has 0 saturated carbocycles. The van der Waals surface area contributed by atoms with Crippen molar-refractivity contribution in [2.75, 3.05) is 0 Å². The number of benzene rings is 1. The summed E-state index contributed by atoms with van der Waals surface area (Å²) in [6, 6.07) is 4.73. The van der Waals surface area contributed by atoms with Crippen LogP contribution in [0.3, 0.4) is 0 Å². The molecule has 96 valence electrons. The molecule has 0 bridgehead atoms. The van der Waals surface area contributed by atoms with Gasteiger partial charge in [-0.1, -0.05) is 17.3 Å². The molecule has 2 nitrogen and oxygen atoms in total. The van der Waals surface area contributed by atoms with Crippen LogP contribution in [-0.4, -0.2) is 5.16 Å². The zero-order chi connectivity index (χ0) is 13.3. The summed E-state index contributed by atoms with van der Waals surface area (Å²) in [5.41, 5.74) is 1.18. The number of halogens is 4. The van der Waals surface area contributed by atoms with E-state index in [9.17, 15) is 13.2 Å². The van der Waals surface area contributed by atoms with Crippen molar-refractivity contribution in [3.63, 3.8) is 0 Å². The molecule has 0 atom stereocenters. The summed E-state index contributed by atoms with van der Waals surface area (Å²) >= 11 is 5.65. The molecule has 1 aromatic carbocycles. The van der Waals surface area contributed by atoms with Crippen LogP contribution in [0.15, 0.2) is 28.8 Å². The van der Waals surface area contributed by atoms with Crippen molar-refractivity contribution < 1.29 is 17.7 Å². The highest BCUT2D eigenvalue weighted by Crippen LogP contribution is 2.32. The number of alkyl halides is 4. The summed E-state index contributed by atoms with van der Waals surface area (Å²) in [6.07, 6.45) is -4.34. The summed E-state index contributed by atoms with van der Waals surface area (Å²) in [7, 11) is 0. The van der Waals surface area contributed by atoms with Gasteiger partial charge in [-0.25, -0.2) is 0 Å². The molecule has 0 aliphatic rings. The van der Waals surface area contributed by atoms with Crippen molar-refractivity contribution in [1.82, 2.24) is 5.16 Å². The number of rotatable bonds is 2. The van der Waals surface area contributed by atoms with Crippen LogP contribution in [-0.2, 0) is 12.1 Å². The molecule has 0 aliphatic carbocycles. The van der Waals surface area contributed by atoms with Gasteiger partial charge >= 0.3 is 6.18 Å². The molecule has 6 heteroatoms. The second kappa shape index (κ2) is 4.65. The maximum Gasteiger partial charge on any atom is 0.416 e. The molecule has 0 fully saturated rings. The molecule has 0 N–H and O–H groups in total. The molecular formula is C12H9ClF3NO. The van der Waals surface area contributed by atoms with Crippen molar-refractivity contribution in [1.29, 1.82) is 0 Å². The molecule has 18 heavy (non-hydrogen) atoms. The Hall–Kier alpha value is -1.49. The van der Waals surface area contributed by atoms with Gasteiger partial charge in [0.1, 0.15) is 5.69 Å². The third-order valence-corrected chi connectivity index (χ3v) is 2.87. The zero-order valence-electron chi connectivity index (χ0n) is 9.38. The van der Waals surface area contributed by atoms with E-state index in [2.05, 4.69) is 5.16 Å². The first-order valence-electron chi connectivity index (χ1n) is 5.12. The number of nitrogens with zero attached hydrogens (tertiary/aromatic N) is 1. The summed E-state index contributed by atoms with van der Waals surface area (Å²) in [4.78, 5) is 0. The summed E-state index contributed by atoms with van der Waals surface area (Å²) in [5.74, 6) is 0.648. The Morgan fingerprint density at radius 2 is 1.83 bits per heavy atom. The van der Waals surface area contributed by atoms with E-state index in [1.807, 2.05) is 0 Å². The predicted octanol–water partition coefficient (Wildman–Crippen LogP) is 4.41. The third kappa shape index (κ3) is 2.36. The summed E-state index contributed by atoms with van der Waals surface area (Å²) in [6.45, 7) is 1.77.